The molecule has 0 unspecified atom stereocenters. The zero-order valence-electron chi connectivity index (χ0n) is 20.6. The molecule has 1 aliphatic heterocycles. The van der Waals surface area contributed by atoms with Crippen LogP contribution in [0.4, 0.5) is 4.39 Å². The van der Waals surface area contributed by atoms with E-state index in [1.54, 1.807) is 23.5 Å². The van der Waals surface area contributed by atoms with E-state index in [1.165, 1.54) is 37.0 Å². The summed E-state index contributed by atoms with van der Waals surface area (Å²) in [6.45, 7) is 8.72. The molecule has 3 aromatic rings. The summed E-state index contributed by atoms with van der Waals surface area (Å²) in [5.74, 6) is 0.821. The van der Waals surface area contributed by atoms with Crippen LogP contribution >= 0.6 is 11.3 Å². The van der Waals surface area contributed by atoms with Crippen LogP contribution in [-0.2, 0) is 13.2 Å². The van der Waals surface area contributed by atoms with Gasteiger partial charge < -0.3 is 14.5 Å². The predicted molar refractivity (Wildman–Crippen MR) is 138 cm³/mol. The quantitative estimate of drug-likeness (QED) is 0.340. The van der Waals surface area contributed by atoms with Gasteiger partial charge in [-0.3, -0.25) is 4.79 Å². The minimum Gasteiger partial charge on any atom is -0.486 e. The summed E-state index contributed by atoms with van der Waals surface area (Å²) < 4.78 is 19.5. The van der Waals surface area contributed by atoms with Gasteiger partial charge in [0.2, 0.25) is 0 Å². The second-order valence-electron chi connectivity index (χ2n) is 9.35. The van der Waals surface area contributed by atoms with Gasteiger partial charge >= 0.3 is 0 Å². The Morgan fingerprint density at radius 3 is 2.60 bits per heavy atom. The number of benzene rings is 2. The molecule has 1 saturated heterocycles. The fraction of sp³-hybridized carbons (Fsp3) is 0.429. The Labute approximate surface area is 211 Å². The minimum atomic E-state index is -0.343. The zero-order chi connectivity index (χ0) is 24.6. The molecule has 1 fully saturated rings. The monoisotopic (exact) mass is 495 g/mol. The molecule has 35 heavy (non-hydrogen) atoms. The highest BCUT2D eigenvalue weighted by Crippen LogP contribution is 2.27. The van der Waals surface area contributed by atoms with E-state index in [2.05, 4.69) is 24.8 Å². The summed E-state index contributed by atoms with van der Waals surface area (Å²) >= 11 is 1.55. The van der Waals surface area contributed by atoms with Crippen LogP contribution in [0, 0.1) is 5.82 Å². The molecule has 0 saturated carbocycles. The number of likely N-dealkylation sites (tertiary alicyclic amines) is 1. The van der Waals surface area contributed by atoms with Crippen molar-refractivity contribution in [1.29, 1.82) is 0 Å². The van der Waals surface area contributed by atoms with Crippen LogP contribution in [0.2, 0.25) is 0 Å². The fourth-order valence-electron chi connectivity index (χ4n) is 4.38. The number of hydrogen-bond acceptors (Lipinski definition) is 5. The van der Waals surface area contributed by atoms with Gasteiger partial charge in [0.1, 0.15) is 23.2 Å². The Bertz CT molecular complexity index is 1090. The molecule has 5 nitrogen and oxygen atoms in total. The first-order valence-corrected chi connectivity index (χ1v) is 13.3. The van der Waals surface area contributed by atoms with Gasteiger partial charge in [-0.1, -0.05) is 38.5 Å². The lowest BCUT2D eigenvalue weighted by Crippen LogP contribution is -2.40. The maximum Gasteiger partial charge on any atom is 0.254 e. The first-order chi connectivity index (χ1) is 17.0. The van der Waals surface area contributed by atoms with Crippen LogP contribution in [-0.4, -0.2) is 46.9 Å². The Morgan fingerprint density at radius 2 is 1.86 bits per heavy atom. The summed E-state index contributed by atoms with van der Waals surface area (Å²) in [5.41, 5.74) is 2.52. The Balaban J connectivity index is 1.42. The largest absolute Gasteiger partial charge is 0.486 e. The first-order valence-electron chi connectivity index (χ1n) is 12.4. The van der Waals surface area contributed by atoms with E-state index in [-0.39, 0.29) is 11.7 Å². The van der Waals surface area contributed by atoms with Crippen LogP contribution in [0.1, 0.15) is 65.7 Å². The molecule has 2 heterocycles. The van der Waals surface area contributed by atoms with Crippen LogP contribution < -0.4 is 4.74 Å². The van der Waals surface area contributed by atoms with Crippen molar-refractivity contribution in [1.82, 2.24) is 14.8 Å². The van der Waals surface area contributed by atoms with Gasteiger partial charge in [-0.05, 0) is 67.7 Å². The van der Waals surface area contributed by atoms with Crippen molar-refractivity contribution in [3.05, 3.63) is 81.6 Å². The second-order valence-corrected chi connectivity index (χ2v) is 10.3. The minimum absolute atomic E-state index is 0.0985. The summed E-state index contributed by atoms with van der Waals surface area (Å²) in [5, 5.41) is 2.88. The van der Waals surface area contributed by atoms with E-state index in [9.17, 15) is 9.18 Å². The molecule has 4 rings (SSSR count). The SMILES string of the molecule is CC(C)c1ccccc1OCc1nc(CN(CCN2CCCCC2)C(=O)c2ccc(F)cc2)cs1. The van der Waals surface area contributed by atoms with Gasteiger partial charge in [0.05, 0.1) is 12.2 Å². The van der Waals surface area contributed by atoms with Crippen LogP contribution in [0.3, 0.4) is 0 Å². The van der Waals surface area contributed by atoms with E-state index in [0.717, 1.165) is 36.1 Å². The highest BCUT2D eigenvalue weighted by molar-refractivity contribution is 7.09. The maximum absolute atomic E-state index is 13.4. The Morgan fingerprint density at radius 1 is 1.11 bits per heavy atom. The van der Waals surface area contributed by atoms with Crippen molar-refractivity contribution >= 4 is 17.2 Å². The standard InChI is InChI=1S/C28H34FN3O2S/c1-21(2)25-8-4-5-9-26(25)34-19-27-30-24(20-35-27)18-32(17-16-31-14-6-3-7-15-31)28(33)22-10-12-23(29)13-11-22/h4-5,8-13,20-21H,3,6-7,14-19H2,1-2H3. The third-order valence-electron chi connectivity index (χ3n) is 6.36. The number of rotatable bonds is 10. The van der Waals surface area contributed by atoms with E-state index < -0.39 is 0 Å². The average Bonchev–Trinajstić information content (AvgIpc) is 3.33. The van der Waals surface area contributed by atoms with Crippen molar-refractivity contribution < 1.29 is 13.9 Å². The van der Waals surface area contributed by atoms with E-state index >= 15 is 0 Å². The van der Waals surface area contributed by atoms with Gasteiger partial charge in [0.15, 0.2) is 0 Å². The number of para-hydroxylation sites is 1. The average molecular weight is 496 g/mol. The molecular weight excluding hydrogens is 461 g/mol. The zero-order valence-corrected chi connectivity index (χ0v) is 21.4. The Kier molecular flexibility index (Phi) is 8.88. The molecule has 0 atom stereocenters. The number of piperidine rings is 1. The van der Waals surface area contributed by atoms with Crippen LogP contribution in [0.15, 0.2) is 53.9 Å². The molecule has 0 spiro atoms. The molecule has 0 aliphatic carbocycles. The number of hydrogen-bond donors (Lipinski definition) is 0. The number of carbonyl (C=O) groups is 1. The molecule has 0 bridgehead atoms. The lowest BCUT2D eigenvalue weighted by atomic mass is 10.0. The van der Waals surface area contributed by atoms with Crippen molar-refractivity contribution in [3.63, 3.8) is 0 Å². The smallest absolute Gasteiger partial charge is 0.254 e. The molecule has 7 heteroatoms. The summed E-state index contributed by atoms with van der Waals surface area (Å²) in [7, 11) is 0. The van der Waals surface area contributed by atoms with E-state index in [4.69, 9.17) is 9.72 Å². The third-order valence-corrected chi connectivity index (χ3v) is 7.23. The van der Waals surface area contributed by atoms with Gasteiger partial charge in [-0.25, -0.2) is 9.37 Å². The maximum atomic E-state index is 13.4. The van der Waals surface area contributed by atoms with Gasteiger partial charge in [0, 0.05) is 24.0 Å². The summed E-state index contributed by atoms with van der Waals surface area (Å²) in [6.07, 6.45) is 3.70. The predicted octanol–water partition coefficient (Wildman–Crippen LogP) is 6.11. The van der Waals surface area contributed by atoms with Crippen molar-refractivity contribution in [2.24, 2.45) is 0 Å². The molecule has 1 aromatic heterocycles. The third kappa shape index (κ3) is 7.12. The van der Waals surface area contributed by atoms with Crippen LogP contribution in [0.5, 0.6) is 5.75 Å². The normalized spacial score (nSPS) is 14.3. The topological polar surface area (TPSA) is 45.7 Å². The number of nitrogens with zero attached hydrogens (tertiary/aromatic N) is 3. The lowest BCUT2D eigenvalue weighted by Gasteiger charge is -2.30. The van der Waals surface area contributed by atoms with E-state index in [0.29, 0.717) is 31.2 Å². The number of carbonyl (C=O) groups excluding carboxylic acids is 1. The van der Waals surface area contributed by atoms with Crippen molar-refractivity contribution in [2.45, 2.75) is 52.2 Å². The molecule has 0 radical (unpaired) electrons. The number of halogens is 1. The number of amides is 1. The lowest BCUT2D eigenvalue weighted by molar-refractivity contribution is 0.0713. The van der Waals surface area contributed by atoms with Gasteiger partial charge in [-0.2, -0.15) is 0 Å². The van der Waals surface area contributed by atoms with Gasteiger partial charge in [0.25, 0.3) is 5.91 Å². The van der Waals surface area contributed by atoms with Crippen molar-refractivity contribution in [3.8, 4) is 5.75 Å². The molecule has 186 valence electrons. The molecule has 0 N–H and O–H groups in total. The number of aromatic nitrogens is 1. The molecule has 1 aliphatic rings. The molecular formula is C28H34FN3O2S. The highest BCUT2D eigenvalue weighted by Gasteiger charge is 2.20. The van der Waals surface area contributed by atoms with E-state index in [1.807, 2.05) is 28.5 Å². The molecule has 2 aromatic carbocycles. The summed E-state index contributed by atoms with van der Waals surface area (Å²) in [6, 6.07) is 13.9. The second kappa shape index (κ2) is 12.3. The molecule has 1 amide bonds. The van der Waals surface area contributed by atoms with Gasteiger partial charge in [-0.15, -0.1) is 11.3 Å². The number of thiazole rings is 1. The Hall–Kier alpha value is -2.77. The highest BCUT2D eigenvalue weighted by atomic mass is 32.1. The number of ether oxygens (including phenoxy) is 1. The first kappa shape index (κ1) is 25.3. The fourth-order valence-corrected chi connectivity index (χ4v) is 5.08. The van der Waals surface area contributed by atoms with Crippen molar-refractivity contribution in [2.75, 3.05) is 26.2 Å². The van der Waals surface area contributed by atoms with Crippen LogP contribution in [0.25, 0.3) is 0 Å². The summed E-state index contributed by atoms with van der Waals surface area (Å²) in [4.78, 5) is 22.3.